The van der Waals surface area contributed by atoms with Crippen molar-refractivity contribution in [1.82, 2.24) is 5.32 Å². The van der Waals surface area contributed by atoms with Crippen LogP contribution >= 0.6 is 11.6 Å². The van der Waals surface area contributed by atoms with Crippen LogP contribution in [0.4, 0.5) is 15.8 Å². The lowest BCUT2D eigenvalue weighted by Crippen LogP contribution is -2.52. The first kappa shape index (κ1) is 20.3. The van der Waals surface area contributed by atoms with Crippen molar-refractivity contribution in [2.75, 3.05) is 16.8 Å². The Labute approximate surface area is 176 Å². The molecular formula is C21H19ClFN3O4. The molecular weight excluding hydrogens is 413 g/mol. The van der Waals surface area contributed by atoms with Crippen LogP contribution < -0.4 is 15.5 Å². The highest BCUT2D eigenvalue weighted by Gasteiger charge is 2.51. The quantitative estimate of drug-likeness (QED) is 0.646. The van der Waals surface area contributed by atoms with E-state index in [2.05, 4.69) is 10.6 Å². The molecule has 2 aliphatic rings. The molecule has 4 rings (SSSR count). The van der Waals surface area contributed by atoms with E-state index >= 15 is 0 Å². The standard InChI is InChI=1S/C21H19ClFN3O4/c22-14-2-4-16(23)13(9-14)11-24-19(28)21(30)7-8-26(20(21)29)15-3-5-17-12(10-15)1-6-18(27)25-17/h2-5,9-10,30H,1,6-8,11H2,(H,24,28)(H,25,27)/t21-/m0/s1. The van der Waals surface area contributed by atoms with Crippen LogP contribution in [0.5, 0.6) is 0 Å². The number of halogens is 2. The minimum Gasteiger partial charge on any atom is -0.372 e. The molecule has 0 spiro atoms. The maximum absolute atomic E-state index is 13.8. The molecule has 1 fully saturated rings. The molecule has 2 aromatic rings. The lowest BCUT2D eigenvalue weighted by Gasteiger charge is -2.24. The van der Waals surface area contributed by atoms with Gasteiger partial charge in [-0.2, -0.15) is 0 Å². The van der Waals surface area contributed by atoms with E-state index in [0.29, 0.717) is 29.2 Å². The highest BCUT2D eigenvalue weighted by molar-refractivity contribution is 6.30. The summed E-state index contributed by atoms with van der Waals surface area (Å²) in [7, 11) is 0. The number of carbonyl (C=O) groups is 3. The summed E-state index contributed by atoms with van der Waals surface area (Å²) in [6, 6.07) is 9.08. The van der Waals surface area contributed by atoms with Gasteiger partial charge in [-0.05, 0) is 48.4 Å². The normalized spacial score (nSPS) is 20.7. The Bertz CT molecular complexity index is 1060. The van der Waals surface area contributed by atoms with E-state index in [4.69, 9.17) is 11.6 Å². The molecule has 0 radical (unpaired) electrons. The molecule has 0 unspecified atom stereocenters. The van der Waals surface area contributed by atoms with Crippen molar-refractivity contribution < 1.29 is 23.9 Å². The van der Waals surface area contributed by atoms with Gasteiger partial charge in [0, 0.05) is 47.9 Å². The predicted molar refractivity (Wildman–Crippen MR) is 109 cm³/mol. The Hall–Kier alpha value is -2.97. The molecule has 7 nitrogen and oxygen atoms in total. The fourth-order valence-electron chi connectivity index (χ4n) is 3.70. The van der Waals surface area contributed by atoms with Crippen molar-refractivity contribution >= 4 is 40.7 Å². The van der Waals surface area contributed by atoms with Crippen LogP contribution in [-0.2, 0) is 27.3 Å². The van der Waals surface area contributed by atoms with E-state index in [0.717, 1.165) is 5.56 Å². The van der Waals surface area contributed by atoms with Crippen molar-refractivity contribution in [1.29, 1.82) is 0 Å². The minimum atomic E-state index is -2.24. The second-order valence-corrected chi connectivity index (χ2v) is 7.81. The van der Waals surface area contributed by atoms with E-state index < -0.39 is 23.2 Å². The summed E-state index contributed by atoms with van der Waals surface area (Å²) in [5.74, 6) is -2.24. The van der Waals surface area contributed by atoms with E-state index in [1.165, 1.54) is 23.1 Å². The Balaban J connectivity index is 1.48. The molecule has 3 N–H and O–H groups in total. The second kappa shape index (κ2) is 7.70. The third-order valence-electron chi connectivity index (χ3n) is 5.41. The summed E-state index contributed by atoms with van der Waals surface area (Å²) in [5.41, 5.74) is 0.0338. The van der Waals surface area contributed by atoms with Crippen molar-refractivity contribution in [3.8, 4) is 0 Å². The minimum absolute atomic E-state index is 0.0605. The van der Waals surface area contributed by atoms with Crippen LogP contribution in [-0.4, -0.2) is 35.0 Å². The average Bonchev–Trinajstić information content (AvgIpc) is 3.04. The fourth-order valence-corrected chi connectivity index (χ4v) is 3.90. The van der Waals surface area contributed by atoms with Crippen molar-refractivity contribution in [3.63, 3.8) is 0 Å². The highest BCUT2D eigenvalue weighted by atomic mass is 35.5. The highest BCUT2D eigenvalue weighted by Crippen LogP contribution is 2.33. The SMILES string of the molecule is O=C1CCc2cc(N3CC[C@](O)(C(=O)NCc4cc(Cl)ccc4F)C3=O)ccc2N1. The first-order valence-corrected chi connectivity index (χ1v) is 9.85. The smallest absolute Gasteiger partial charge is 0.268 e. The van der Waals surface area contributed by atoms with Gasteiger partial charge in [0.1, 0.15) is 5.82 Å². The predicted octanol–water partition coefficient (Wildman–Crippen LogP) is 2.15. The Kier molecular flexibility index (Phi) is 5.21. The Morgan fingerprint density at radius 1 is 1.23 bits per heavy atom. The fraction of sp³-hybridized carbons (Fsp3) is 0.286. The third kappa shape index (κ3) is 3.64. The summed E-state index contributed by atoms with van der Waals surface area (Å²) in [6.07, 6.45) is 0.813. The van der Waals surface area contributed by atoms with E-state index in [-0.39, 0.29) is 31.0 Å². The first-order valence-electron chi connectivity index (χ1n) is 9.47. The molecule has 1 saturated heterocycles. The Morgan fingerprint density at radius 3 is 2.83 bits per heavy atom. The summed E-state index contributed by atoms with van der Waals surface area (Å²) >= 11 is 5.84. The molecule has 2 heterocycles. The zero-order chi connectivity index (χ0) is 21.5. The van der Waals surface area contributed by atoms with E-state index in [9.17, 15) is 23.9 Å². The maximum Gasteiger partial charge on any atom is 0.268 e. The van der Waals surface area contributed by atoms with Crippen molar-refractivity contribution in [2.24, 2.45) is 0 Å². The average molecular weight is 432 g/mol. The van der Waals surface area contributed by atoms with Gasteiger partial charge in [-0.25, -0.2) is 4.39 Å². The Morgan fingerprint density at radius 2 is 2.03 bits per heavy atom. The second-order valence-electron chi connectivity index (χ2n) is 7.38. The van der Waals surface area contributed by atoms with E-state index in [1.807, 2.05) is 0 Å². The summed E-state index contributed by atoms with van der Waals surface area (Å²) < 4.78 is 13.8. The molecule has 30 heavy (non-hydrogen) atoms. The molecule has 0 saturated carbocycles. The number of benzene rings is 2. The molecule has 2 aromatic carbocycles. The number of nitrogens with one attached hydrogen (secondary N) is 2. The number of hydrogen-bond donors (Lipinski definition) is 3. The summed E-state index contributed by atoms with van der Waals surface area (Å²) in [4.78, 5) is 38.3. The zero-order valence-corrected chi connectivity index (χ0v) is 16.6. The van der Waals surface area contributed by atoms with Crippen LogP contribution in [0.15, 0.2) is 36.4 Å². The number of anilines is 2. The van der Waals surface area contributed by atoms with Crippen LogP contribution in [0.2, 0.25) is 5.02 Å². The van der Waals surface area contributed by atoms with Crippen LogP contribution in [0, 0.1) is 5.82 Å². The monoisotopic (exact) mass is 431 g/mol. The van der Waals surface area contributed by atoms with E-state index in [1.54, 1.807) is 18.2 Å². The van der Waals surface area contributed by atoms with Gasteiger partial charge in [-0.3, -0.25) is 14.4 Å². The molecule has 3 amide bonds. The van der Waals surface area contributed by atoms with Gasteiger partial charge in [-0.15, -0.1) is 0 Å². The molecule has 9 heteroatoms. The molecule has 156 valence electrons. The van der Waals surface area contributed by atoms with Gasteiger partial charge in [0.25, 0.3) is 11.8 Å². The number of amides is 3. The number of aryl methyl sites for hydroxylation is 1. The van der Waals surface area contributed by atoms with Crippen molar-refractivity contribution in [2.45, 2.75) is 31.4 Å². The number of fused-ring (bicyclic) bond motifs is 1. The van der Waals surface area contributed by atoms with Crippen LogP contribution in [0.1, 0.15) is 24.0 Å². The number of nitrogens with zero attached hydrogens (tertiary/aromatic N) is 1. The zero-order valence-electron chi connectivity index (χ0n) is 15.9. The summed E-state index contributed by atoms with van der Waals surface area (Å²) in [6.45, 7) is -0.0568. The van der Waals surface area contributed by atoms with Gasteiger partial charge in [0.2, 0.25) is 11.5 Å². The summed E-state index contributed by atoms with van der Waals surface area (Å²) in [5, 5.41) is 16.3. The van der Waals surface area contributed by atoms with Gasteiger partial charge < -0.3 is 20.6 Å². The third-order valence-corrected chi connectivity index (χ3v) is 5.65. The number of hydrogen-bond acceptors (Lipinski definition) is 4. The number of rotatable bonds is 4. The largest absolute Gasteiger partial charge is 0.372 e. The molecule has 1 atom stereocenters. The van der Waals surface area contributed by atoms with Gasteiger partial charge in [0.15, 0.2) is 0 Å². The first-order chi connectivity index (χ1) is 14.3. The lowest BCUT2D eigenvalue weighted by molar-refractivity contribution is -0.149. The number of carbonyl (C=O) groups excluding carboxylic acids is 3. The van der Waals surface area contributed by atoms with Gasteiger partial charge in [0.05, 0.1) is 0 Å². The molecule has 0 aliphatic carbocycles. The van der Waals surface area contributed by atoms with Crippen LogP contribution in [0.25, 0.3) is 0 Å². The van der Waals surface area contributed by atoms with Gasteiger partial charge in [-0.1, -0.05) is 11.6 Å². The molecule has 2 aliphatic heterocycles. The topological polar surface area (TPSA) is 98.7 Å². The van der Waals surface area contributed by atoms with Crippen LogP contribution in [0.3, 0.4) is 0 Å². The molecule has 0 bridgehead atoms. The maximum atomic E-state index is 13.8. The lowest BCUT2D eigenvalue weighted by atomic mass is 10.0. The van der Waals surface area contributed by atoms with Crippen molar-refractivity contribution in [3.05, 3.63) is 58.4 Å². The number of aliphatic hydroxyl groups is 1. The molecule has 0 aromatic heterocycles. The van der Waals surface area contributed by atoms with Gasteiger partial charge >= 0.3 is 0 Å².